The van der Waals surface area contributed by atoms with Crippen molar-refractivity contribution in [3.05, 3.63) is 34.9 Å². The lowest BCUT2D eigenvalue weighted by Gasteiger charge is -2.36. The summed E-state index contributed by atoms with van der Waals surface area (Å²) in [6.45, 7) is 0. The monoisotopic (exact) mass is 253 g/mol. The van der Waals surface area contributed by atoms with E-state index in [0.717, 1.165) is 24.8 Å². The van der Waals surface area contributed by atoms with Crippen LogP contribution in [-0.2, 0) is 10.3 Å². The van der Waals surface area contributed by atoms with Crippen molar-refractivity contribution in [3.8, 4) is 0 Å². The van der Waals surface area contributed by atoms with Crippen LogP contribution in [0.3, 0.4) is 0 Å². The van der Waals surface area contributed by atoms with Crippen LogP contribution in [0.1, 0.15) is 38.7 Å². The molecule has 1 atom stereocenters. The van der Waals surface area contributed by atoms with Gasteiger partial charge in [-0.1, -0.05) is 43.6 Å². The number of Topliss-reactive ketones (excluding diaryl/α,β-unsaturated/α-hetero) is 1. The average molecular weight is 254 g/mol. The summed E-state index contributed by atoms with van der Waals surface area (Å²) in [5.41, 5.74) is 0.361. The second-order valence-electron chi connectivity index (χ2n) is 4.27. The fraction of sp³-hybridized carbons (Fsp3) is 0.500. The summed E-state index contributed by atoms with van der Waals surface area (Å²) in [5, 5.41) is 3.86. The number of halogens is 1. The van der Waals surface area contributed by atoms with E-state index >= 15 is 0 Å². The Kier molecular flexibility index (Phi) is 4.72. The quantitative estimate of drug-likeness (QED) is 0.874. The van der Waals surface area contributed by atoms with Crippen molar-refractivity contribution in [1.29, 1.82) is 0 Å². The molecule has 2 nitrogen and oxygen atoms in total. The molecule has 0 aromatic heterocycles. The van der Waals surface area contributed by atoms with Crippen molar-refractivity contribution < 1.29 is 4.79 Å². The maximum absolute atomic E-state index is 12.2. The molecule has 2 rings (SSSR count). The summed E-state index contributed by atoms with van der Waals surface area (Å²) in [6.07, 6.45) is 3.54. The zero-order valence-electron chi connectivity index (χ0n) is 9.42. The van der Waals surface area contributed by atoms with Crippen LogP contribution in [-0.4, -0.2) is 12.8 Å². The van der Waals surface area contributed by atoms with Crippen LogP contribution in [0, 0.1) is 0 Å². The minimum Gasteiger partial charge on any atom is -0.304 e. The number of hydrogen-bond donors (Lipinski definition) is 1. The van der Waals surface area contributed by atoms with Gasteiger partial charge in [0, 0.05) is 11.4 Å². The van der Waals surface area contributed by atoms with E-state index in [0.29, 0.717) is 11.4 Å². The van der Waals surface area contributed by atoms with Gasteiger partial charge in [0.1, 0.15) is 5.54 Å². The van der Waals surface area contributed by atoms with E-state index in [1.807, 2.05) is 31.3 Å². The molecule has 1 fully saturated rings. The molecule has 1 saturated carbocycles. The molecular formula is C14H20ClNO. The smallest absolute Gasteiger partial charge is 0.157 e. The Morgan fingerprint density at radius 1 is 1.29 bits per heavy atom. The highest BCUT2D eigenvalue weighted by atomic mass is 35.5. The molecule has 0 heterocycles. The summed E-state index contributed by atoms with van der Waals surface area (Å²) in [4.78, 5) is 12.2. The molecule has 3 heteroatoms. The predicted molar refractivity (Wildman–Crippen MR) is 72.4 cm³/mol. The number of ketones is 1. The number of likely N-dealkylation sites (N-methyl/N-ethyl adjacent to an activating group) is 1. The molecule has 0 spiro atoms. The number of hydrogen-bond acceptors (Lipinski definition) is 2. The highest BCUT2D eigenvalue weighted by Crippen LogP contribution is 2.37. The summed E-state index contributed by atoms with van der Waals surface area (Å²) >= 11 is 6.20. The first-order valence-electron chi connectivity index (χ1n) is 5.68. The van der Waals surface area contributed by atoms with Gasteiger partial charge >= 0.3 is 0 Å². The zero-order chi connectivity index (χ0) is 11.6. The van der Waals surface area contributed by atoms with Crippen molar-refractivity contribution in [1.82, 2.24) is 5.32 Å². The van der Waals surface area contributed by atoms with Gasteiger partial charge in [-0.15, -0.1) is 0 Å². The first kappa shape index (κ1) is 14.2. The molecule has 17 heavy (non-hydrogen) atoms. The van der Waals surface area contributed by atoms with E-state index < -0.39 is 5.54 Å². The van der Waals surface area contributed by atoms with Gasteiger partial charge in [-0.05, 0) is 31.5 Å². The molecule has 1 aromatic carbocycles. The molecule has 0 radical (unpaired) electrons. The van der Waals surface area contributed by atoms with Gasteiger partial charge < -0.3 is 5.32 Å². The topological polar surface area (TPSA) is 29.1 Å². The average Bonchev–Trinajstić information content (AvgIpc) is 2.31. The lowest BCUT2D eigenvalue weighted by Crippen LogP contribution is -2.49. The van der Waals surface area contributed by atoms with Crippen molar-refractivity contribution in [2.75, 3.05) is 7.05 Å². The number of benzene rings is 1. The van der Waals surface area contributed by atoms with E-state index in [1.165, 1.54) is 0 Å². The molecule has 0 saturated heterocycles. The van der Waals surface area contributed by atoms with Crippen LogP contribution < -0.4 is 5.32 Å². The van der Waals surface area contributed by atoms with Crippen molar-refractivity contribution in [3.63, 3.8) is 0 Å². The number of nitrogens with one attached hydrogen (secondary N) is 1. The fourth-order valence-corrected chi connectivity index (χ4v) is 2.82. The Morgan fingerprint density at radius 2 is 2.00 bits per heavy atom. The summed E-state index contributed by atoms with van der Waals surface area (Å²) < 4.78 is 0. The maximum Gasteiger partial charge on any atom is 0.157 e. The SMILES string of the molecule is C.CNC1(c2ccccc2Cl)CCCCC1=O. The van der Waals surface area contributed by atoms with E-state index in [2.05, 4.69) is 5.32 Å². The predicted octanol–water partition coefficient (Wildman–Crippen LogP) is 3.53. The second-order valence-corrected chi connectivity index (χ2v) is 4.67. The van der Waals surface area contributed by atoms with Crippen LogP contribution in [0.2, 0.25) is 5.02 Å². The van der Waals surface area contributed by atoms with Crippen molar-refractivity contribution in [2.24, 2.45) is 0 Å². The summed E-state index contributed by atoms with van der Waals surface area (Å²) in [5.74, 6) is 0.259. The molecule has 1 aliphatic carbocycles. The van der Waals surface area contributed by atoms with Gasteiger partial charge in [-0.25, -0.2) is 0 Å². The third-order valence-electron chi connectivity index (χ3n) is 3.44. The Labute approximate surface area is 108 Å². The highest BCUT2D eigenvalue weighted by molar-refractivity contribution is 6.31. The molecule has 1 N–H and O–H groups in total. The molecule has 94 valence electrons. The molecule has 0 amide bonds. The Morgan fingerprint density at radius 3 is 2.59 bits per heavy atom. The van der Waals surface area contributed by atoms with Crippen LogP contribution in [0.5, 0.6) is 0 Å². The number of carbonyl (C=O) groups excluding carboxylic acids is 1. The summed E-state index contributed by atoms with van der Waals surface area (Å²) in [6, 6.07) is 7.62. The second kappa shape index (κ2) is 5.65. The third-order valence-corrected chi connectivity index (χ3v) is 3.77. The van der Waals surface area contributed by atoms with E-state index in [4.69, 9.17) is 11.6 Å². The number of carbonyl (C=O) groups is 1. The van der Waals surface area contributed by atoms with Gasteiger partial charge in [-0.3, -0.25) is 4.79 Å². The number of rotatable bonds is 2. The van der Waals surface area contributed by atoms with Crippen LogP contribution >= 0.6 is 11.6 Å². The largest absolute Gasteiger partial charge is 0.304 e. The Balaban J connectivity index is 0.00000144. The van der Waals surface area contributed by atoms with Gasteiger partial charge in [0.25, 0.3) is 0 Å². The maximum atomic E-state index is 12.2. The normalized spacial score (nSPS) is 24.2. The third kappa shape index (κ3) is 2.38. The van der Waals surface area contributed by atoms with Crippen molar-refractivity contribution in [2.45, 2.75) is 38.6 Å². The molecule has 1 unspecified atom stereocenters. The van der Waals surface area contributed by atoms with Gasteiger partial charge in [0.15, 0.2) is 5.78 Å². The molecule has 0 aliphatic heterocycles. The standard InChI is InChI=1S/C13H16ClNO.CH4/c1-15-13(9-5-4-8-12(13)16)10-6-2-3-7-11(10)14;/h2-3,6-7,15H,4-5,8-9H2,1H3;1H4. The minimum atomic E-state index is -0.559. The van der Waals surface area contributed by atoms with Gasteiger partial charge in [0.2, 0.25) is 0 Å². The Hall–Kier alpha value is -0.860. The Bertz CT molecular complexity index is 405. The van der Waals surface area contributed by atoms with Crippen LogP contribution in [0.25, 0.3) is 0 Å². The van der Waals surface area contributed by atoms with E-state index in [9.17, 15) is 4.79 Å². The minimum absolute atomic E-state index is 0. The van der Waals surface area contributed by atoms with Crippen molar-refractivity contribution >= 4 is 17.4 Å². The van der Waals surface area contributed by atoms with E-state index in [1.54, 1.807) is 0 Å². The van der Waals surface area contributed by atoms with Crippen LogP contribution in [0.15, 0.2) is 24.3 Å². The first-order chi connectivity index (χ1) is 7.70. The lowest BCUT2D eigenvalue weighted by molar-refractivity contribution is -0.127. The highest BCUT2D eigenvalue weighted by Gasteiger charge is 2.40. The first-order valence-corrected chi connectivity index (χ1v) is 6.06. The summed E-state index contributed by atoms with van der Waals surface area (Å²) in [7, 11) is 1.84. The van der Waals surface area contributed by atoms with E-state index in [-0.39, 0.29) is 13.2 Å². The fourth-order valence-electron chi connectivity index (χ4n) is 2.52. The molecule has 1 aliphatic rings. The van der Waals surface area contributed by atoms with Gasteiger partial charge in [-0.2, -0.15) is 0 Å². The molecule has 0 bridgehead atoms. The van der Waals surface area contributed by atoms with Crippen LogP contribution in [0.4, 0.5) is 0 Å². The lowest BCUT2D eigenvalue weighted by atomic mass is 9.75. The zero-order valence-corrected chi connectivity index (χ0v) is 10.2. The van der Waals surface area contributed by atoms with Gasteiger partial charge in [0.05, 0.1) is 0 Å². The molecular weight excluding hydrogens is 234 g/mol. The molecule has 1 aromatic rings.